The van der Waals surface area contributed by atoms with E-state index in [2.05, 4.69) is 43.3 Å². The number of anilines is 1. The van der Waals surface area contributed by atoms with Gasteiger partial charge in [0, 0.05) is 27.1 Å². The Morgan fingerprint density at radius 3 is 2.06 bits per heavy atom. The van der Waals surface area contributed by atoms with Crippen molar-refractivity contribution in [1.29, 1.82) is 0 Å². The predicted molar refractivity (Wildman–Crippen MR) is 128 cm³/mol. The minimum atomic E-state index is -0.800. The number of hydrogen-bond acceptors (Lipinski definition) is 4. The van der Waals surface area contributed by atoms with Crippen molar-refractivity contribution in [2.75, 3.05) is 12.0 Å². The van der Waals surface area contributed by atoms with Crippen LogP contribution in [0.5, 0.6) is 0 Å². The Bertz CT molecular complexity index is 1120. The van der Waals surface area contributed by atoms with Crippen molar-refractivity contribution in [3.63, 3.8) is 0 Å². The van der Waals surface area contributed by atoms with E-state index in [9.17, 15) is 14.4 Å². The number of carbonyl (C=O) groups is 3. The van der Waals surface area contributed by atoms with Crippen LogP contribution in [0.25, 0.3) is 0 Å². The number of benzene rings is 2. The summed E-state index contributed by atoms with van der Waals surface area (Å²) in [7, 11) is 1.26. The van der Waals surface area contributed by atoms with E-state index in [0.29, 0.717) is 11.3 Å². The third-order valence-electron chi connectivity index (χ3n) is 5.64. The second kappa shape index (κ2) is 8.87. The zero-order valence-corrected chi connectivity index (χ0v) is 20.4. The molecular weight excluding hydrogens is 470 g/mol. The minimum absolute atomic E-state index is 0.0538. The number of amides is 2. The average Bonchev–Trinajstić information content (AvgIpc) is 2.97. The van der Waals surface area contributed by atoms with Crippen LogP contribution in [0.3, 0.4) is 0 Å². The van der Waals surface area contributed by atoms with Gasteiger partial charge in [0.2, 0.25) is 0 Å². The van der Waals surface area contributed by atoms with Gasteiger partial charge in [0.1, 0.15) is 0 Å². The Labute approximate surface area is 196 Å². The Morgan fingerprint density at radius 1 is 1.00 bits per heavy atom. The molecule has 32 heavy (non-hydrogen) atoms. The monoisotopic (exact) mass is 495 g/mol. The van der Waals surface area contributed by atoms with Crippen molar-refractivity contribution < 1.29 is 19.1 Å². The SMILES string of the molecule is C=C(C(=O)OC)[C@H](C1=C(C)C(=O)N(c2ccc(C(C)(C)C)cc2)C1=O)c1ccc(Br)cc1. The zero-order valence-electron chi connectivity index (χ0n) is 18.9. The fourth-order valence-electron chi connectivity index (χ4n) is 3.79. The summed E-state index contributed by atoms with van der Waals surface area (Å²) in [5.74, 6) is -2.31. The predicted octanol–water partition coefficient (Wildman–Crippen LogP) is 5.45. The number of halogens is 1. The number of hydrogen-bond donors (Lipinski definition) is 0. The number of methoxy groups -OCH3 is 1. The zero-order chi connectivity index (χ0) is 23.8. The summed E-state index contributed by atoms with van der Waals surface area (Å²) < 4.78 is 5.72. The number of ether oxygens (including phenoxy) is 1. The van der Waals surface area contributed by atoms with Crippen LogP contribution in [0.4, 0.5) is 5.69 Å². The maximum absolute atomic E-state index is 13.6. The first-order valence-corrected chi connectivity index (χ1v) is 11.0. The maximum Gasteiger partial charge on any atom is 0.334 e. The Kier molecular flexibility index (Phi) is 6.56. The highest BCUT2D eigenvalue weighted by molar-refractivity contribution is 9.10. The summed E-state index contributed by atoms with van der Waals surface area (Å²) in [4.78, 5) is 40.2. The van der Waals surface area contributed by atoms with Crippen molar-refractivity contribution in [3.05, 3.63) is 87.4 Å². The van der Waals surface area contributed by atoms with E-state index in [1.807, 2.05) is 24.3 Å². The Morgan fingerprint density at radius 2 is 1.56 bits per heavy atom. The first-order valence-electron chi connectivity index (χ1n) is 10.2. The molecule has 6 heteroatoms. The summed E-state index contributed by atoms with van der Waals surface area (Å²) in [5, 5.41) is 0. The molecule has 0 bridgehead atoms. The normalized spacial score (nSPS) is 15.2. The Hall–Kier alpha value is -2.99. The summed E-state index contributed by atoms with van der Waals surface area (Å²) in [6.45, 7) is 11.8. The molecule has 2 amide bonds. The van der Waals surface area contributed by atoms with E-state index in [1.165, 1.54) is 7.11 Å². The molecular formula is C26H26BrNO4. The highest BCUT2D eigenvalue weighted by Crippen LogP contribution is 2.40. The molecule has 0 radical (unpaired) electrons. The largest absolute Gasteiger partial charge is 0.466 e. The quantitative estimate of drug-likeness (QED) is 0.314. The van der Waals surface area contributed by atoms with Crippen LogP contribution in [0.15, 0.2) is 76.3 Å². The van der Waals surface area contributed by atoms with Crippen molar-refractivity contribution in [2.24, 2.45) is 0 Å². The molecule has 1 heterocycles. The van der Waals surface area contributed by atoms with E-state index >= 15 is 0 Å². The molecule has 0 aromatic heterocycles. The smallest absolute Gasteiger partial charge is 0.334 e. The molecule has 2 aromatic carbocycles. The van der Waals surface area contributed by atoms with Crippen molar-refractivity contribution in [3.8, 4) is 0 Å². The van der Waals surface area contributed by atoms with Crippen LogP contribution >= 0.6 is 15.9 Å². The van der Waals surface area contributed by atoms with Gasteiger partial charge < -0.3 is 4.74 Å². The molecule has 166 valence electrons. The topological polar surface area (TPSA) is 63.7 Å². The van der Waals surface area contributed by atoms with Gasteiger partial charge in [0.25, 0.3) is 11.8 Å². The lowest BCUT2D eigenvalue weighted by Gasteiger charge is -2.23. The van der Waals surface area contributed by atoms with Gasteiger partial charge in [0.05, 0.1) is 12.8 Å². The summed E-state index contributed by atoms with van der Waals surface area (Å²) in [6, 6.07) is 14.6. The molecule has 0 saturated carbocycles. The number of esters is 1. The molecule has 2 aromatic rings. The fourth-order valence-corrected chi connectivity index (χ4v) is 4.05. The van der Waals surface area contributed by atoms with Gasteiger partial charge in [-0.3, -0.25) is 9.59 Å². The van der Waals surface area contributed by atoms with E-state index < -0.39 is 23.7 Å². The second-order valence-corrected chi connectivity index (χ2v) is 9.70. The number of imide groups is 1. The fraction of sp³-hybridized carbons (Fsp3) is 0.269. The maximum atomic E-state index is 13.6. The second-order valence-electron chi connectivity index (χ2n) is 8.78. The van der Waals surface area contributed by atoms with Gasteiger partial charge in [-0.1, -0.05) is 67.5 Å². The van der Waals surface area contributed by atoms with Crippen molar-refractivity contribution >= 4 is 39.4 Å². The third kappa shape index (κ3) is 4.32. The molecule has 5 nitrogen and oxygen atoms in total. The molecule has 3 rings (SSSR count). The van der Waals surface area contributed by atoms with Gasteiger partial charge in [0.15, 0.2) is 0 Å². The minimum Gasteiger partial charge on any atom is -0.466 e. The molecule has 0 N–H and O–H groups in total. The van der Waals surface area contributed by atoms with Crippen LogP contribution < -0.4 is 4.90 Å². The molecule has 0 fully saturated rings. The standard InChI is InChI=1S/C26H26BrNO4/c1-15-22(21(16(2)25(31)32-6)17-7-11-19(27)12-8-17)24(30)28(23(15)29)20-13-9-18(10-14-20)26(3,4)5/h7-14,21H,2H2,1,3-6H3/t21-/m0/s1. The number of rotatable bonds is 5. The van der Waals surface area contributed by atoms with Gasteiger partial charge in [-0.2, -0.15) is 0 Å². The first-order chi connectivity index (χ1) is 15.0. The lowest BCUT2D eigenvalue weighted by atomic mass is 9.83. The van der Waals surface area contributed by atoms with Gasteiger partial charge in [-0.25, -0.2) is 9.69 Å². The summed E-state index contributed by atoms with van der Waals surface area (Å²) in [6.07, 6.45) is 0. The first kappa shape index (κ1) is 23.7. The number of carbonyl (C=O) groups excluding carboxylic acids is 3. The summed E-state index contributed by atoms with van der Waals surface area (Å²) >= 11 is 3.40. The van der Waals surface area contributed by atoms with Crippen molar-refractivity contribution in [2.45, 2.75) is 39.0 Å². The number of nitrogens with zero attached hydrogens (tertiary/aromatic N) is 1. The molecule has 0 saturated heterocycles. The third-order valence-corrected chi connectivity index (χ3v) is 6.17. The molecule has 0 aliphatic carbocycles. The van der Waals surface area contributed by atoms with Crippen LogP contribution in [0.1, 0.15) is 44.7 Å². The molecule has 0 unspecified atom stereocenters. The van der Waals surface area contributed by atoms with Gasteiger partial charge in [-0.05, 0) is 47.7 Å². The van der Waals surface area contributed by atoms with E-state index in [1.54, 1.807) is 31.2 Å². The highest BCUT2D eigenvalue weighted by Gasteiger charge is 2.43. The van der Waals surface area contributed by atoms with Gasteiger partial charge in [-0.15, -0.1) is 0 Å². The lowest BCUT2D eigenvalue weighted by molar-refractivity contribution is -0.136. The summed E-state index contributed by atoms with van der Waals surface area (Å²) in [5.41, 5.74) is 2.80. The molecule has 1 aliphatic rings. The van der Waals surface area contributed by atoms with Gasteiger partial charge >= 0.3 is 5.97 Å². The van der Waals surface area contributed by atoms with Crippen molar-refractivity contribution in [1.82, 2.24) is 0 Å². The van der Waals surface area contributed by atoms with Crippen LogP contribution in [-0.2, 0) is 24.5 Å². The van der Waals surface area contributed by atoms with E-state index in [4.69, 9.17) is 4.74 Å². The molecule has 1 atom stereocenters. The van der Waals surface area contributed by atoms with Crippen LogP contribution in [0, 0.1) is 0 Å². The van der Waals surface area contributed by atoms with E-state index in [0.717, 1.165) is 14.9 Å². The lowest BCUT2D eigenvalue weighted by Crippen LogP contribution is -2.32. The Balaban J connectivity index is 2.07. The average molecular weight is 496 g/mol. The van der Waals surface area contributed by atoms with Crippen LogP contribution in [0.2, 0.25) is 0 Å². The molecule has 1 aliphatic heterocycles. The highest BCUT2D eigenvalue weighted by atomic mass is 79.9. The van der Waals surface area contributed by atoms with E-state index in [-0.39, 0.29) is 22.1 Å². The molecule has 0 spiro atoms. The van der Waals surface area contributed by atoms with Crippen LogP contribution in [-0.4, -0.2) is 24.9 Å².